The van der Waals surface area contributed by atoms with Gasteiger partial charge >= 0.3 is 0 Å². The average molecular weight is 152 g/mol. The lowest BCUT2D eigenvalue weighted by molar-refractivity contribution is 0.648. The van der Waals surface area contributed by atoms with Gasteiger partial charge in [0, 0.05) is 5.56 Å². The minimum absolute atomic E-state index is 0.252. The van der Waals surface area contributed by atoms with E-state index in [1.165, 1.54) is 13.0 Å². The molecular weight excluding hydrogens is 143 g/mol. The van der Waals surface area contributed by atoms with Crippen molar-refractivity contribution in [2.75, 3.05) is 0 Å². The number of rotatable bonds is 2. The predicted octanol–water partition coefficient (Wildman–Crippen LogP) is 2.38. The smallest absolute Gasteiger partial charge is 0.0990 e. The SMILES string of the molecule is C=Cc1cn[nH]c1/C=C(\C)F. The molecule has 0 saturated carbocycles. The van der Waals surface area contributed by atoms with Gasteiger partial charge in [0.25, 0.3) is 0 Å². The van der Waals surface area contributed by atoms with Crippen molar-refractivity contribution in [3.8, 4) is 0 Å². The molecule has 3 heteroatoms. The Morgan fingerprint density at radius 3 is 3.09 bits per heavy atom. The number of aromatic nitrogens is 2. The first-order chi connectivity index (χ1) is 5.24. The molecule has 1 aromatic heterocycles. The number of hydrogen-bond donors (Lipinski definition) is 1. The second-order valence-electron chi connectivity index (χ2n) is 2.17. The zero-order chi connectivity index (χ0) is 8.27. The van der Waals surface area contributed by atoms with E-state index in [4.69, 9.17) is 0 Å². The number of allylic oxidation sites excluding steroid dienone is 1. The van der Waals surface area contributed by atoms with Crippen molar-refractivity contribution in [2.24, 2.45) is 0 Å². The molecule has 58 valence electrons. The largest absolute Gasteiger partial charge is 0.278 e. The summed E-state index contributed by atoms with van der Waals surface area (Å²) in [4.78, 5) is 0. The highest BCUT2D eigenvalue weighted by molar-refractivity contribution is 5.61. The Labute approximate surface area is 64.4 Å². The molecule has 0 saturated heterocycles. The molecule has 0 aliphatic carbocycles. The molecule has 0 fully saturated rings. The highest BCUT2D eigenvalue weighted by Crippen LogP contribution is 2.10. The van der Waals surface area contributed by atoms with Gasteiger partial charge in [0.1, 0.15) is 0 Å². The van der Waals surface area contributed by atoms with E-state index in [0.29, 0.717) is 5.69 Å². The van der Waals surface area contributed by atoms with Gasteiger partial charge in [-0.25, -0.2) is 4.39 Å². The van der Waals surface area contributed by atoms with Gasteiger partial charge in [-0.1, -0.05) is 12.7 Å². The minimum Gasteiger partial charge on any atom is -0.278 e. The van der Waals surface area contributed by atoms with Crippen LogP contribution in [0.25, 0.3) is 12.2 Å². The second kappa shape index (κ2) is 3.14. The number of H-pyrrole nitrogens is 1. The van der Waals surface area contributed by atoms with E-state index in [1.807, 2.05) is 0 Å². The molecule has 11 heavy (non-hydrogen) atoms. The van der Waals surface area contributed by atoms with Crippen LogP contribution in [-0.2, 0) is 0 Å². The highest BCUT2D eigenvalue weighted by Gasteiger charge is 1.97. The van der Waals surface area contributed by atoms with Crippen LogP contribution in [0.4, 0.5) is 4.39 Å². The number of hydrogen-bond acceptors (Lipinski definition) is 1. The maximum Gasteiger partial charge on any atom is 0.0990 e. The summed E-state index contributed by atoms with van der Waals surface area (Å²) in [5.74, 6) is -0.252. The Hall–Kier alpha value is -1.38. The number of halogens is 1. The summed E-state index contributed by atoms with van der Waals surface area (Å²) in [6.07, 6.45) is 4.60. The molecular formula is C8H9FN2. The van der Waals surface area contributed by atoms with E-state index in [2.05, 4.69) is 16.8 Å². The van der Waals surface area contributed by atoms with Gasteiger partial charge in [-0.15, -0.1) is 0 Å². The van der Waals surface area contributed by atoms with Crippen molar-refractivity contribution in [3.63, 3.8) is 0 Å². The molecule has 0 radical (unpaired) electrons. The van der Waals surface area contributed by atoms with Crippen LogP contribution in [0.1, 0.15) is 18.2 Å². The third-order valence-corrected chi connectivity index (χ3v) is 1.26. The van der Waals surface area contributed by atoms with Crippen LogP contribution < -0.4 is 0 Å². The minimum atomic E-state index is -0.252. The molecule has 0 atom stereocenters. The molecule has 1 rings (SSSR count). The van der Waals surface area contributed by atoms with Crippen molar-refractivity contribution in [1.29, 1.82) is 0 Å². The van der Waals surface area contributed by atoms with Crippen molar-refractivity contribution < 1.29 is 4.39 Å². The van der Waals surface area contributed by atoms with E-state index < -0.39 is 0 Å². The summed E-state index contributed by atoms with van der Waals surface area (Å²) in [6.45, 7) is 4.94. The second-order valence-corrected chi connectivity index (χ2v) is 2.17. The van der Waals surface area contributed by atoms with Gasteiger partial charge in [0.2, 0.25) is 0 Å². The molecule has 2 nitrogen and oxygen atoms in total. The van der Waals surface area contributed by atoms with Gasteiger partial charge < -0.3 is 0 Å². The van der Waals surface area contributed by atoms with E-state index in [9.17, 15) is 4.39 Å². The predicted molar refractivity (Wildman–Crippen MR) is 43.4 cm³/mol. The fourth-order valence-electron chi connectivity index (χ4n) is 0.783. The molecule has 0 bridgehead atoms. The molecule has 0 amide bonds. The molecule has 0 unspecified atom stereocenters. The van der Waals surface area contributed by atoms with E-state index in [0.717, 1.165) is 5.56 Å². The maximum atomic E-state index is 12.4. The Kier molecular flexibility index (Phi) is 2.21. The van der Waals surface area contributed by atoms with Gasteiger partial charge in [0.05, 0.1) is 17.7 Å². The molecule has 0 aromatic carbocycles. The van der Waals surface area contributed by atoms with Crippen LogP contribution in [-0.4, -0.2) is 10.2 Å². The first-order valence-electron chi connectivity index (χ1n) is 3.23. The van der Waals surface area contributed by atoms with Crippen molar-refractivity contribution in [2.45, 2.75) is 6.92 Å². The van der Waals surface area contributed by atoms with Crippen molar-refractivity contribution in [3.05, 3.63) is 29.9 Å². The van der Waals surface area contributed by atoms with Crippen LogP contribution in [0, 0.1) is 0 Å². The van der Waals surface area contributed by atoms with Crippen molar-refractivity contribution in [1.82, 2.24) is 10.2 Å². The van der Waals surface area contributed by atoms with E-state index >= 15 is 0 Å². The summed E-state index contributed by atoms with van der Waals surface area (Å²) in [6, 6.07) is 0. The zero-order valence-electron chi connectivity index (χ0n) is 6.26. The molecule has 0 spiro atoms. The summed E-state index contributed by atoms with van der Waals surface area (Å²) in [5, 5.41) is 6.39. The highest BCUT2D eigenvalue weighted by atomic mass is 19.1. The number of aromatic amines is 1. The normalized spacial score (nSPS) is 11.6. The molecule has 0 aliphatic heterocycles. The zero-order valence-corrected chi connectivity index (χ0v) is 6.26. The third kappa shape index (κ3) is 1.77. The first-order valence-corrected chi connectivity index (χ1v) is 3.23. The van der Waals surface area contributed by atoms with Crippen LogP contribution in [0.5, 0.6) is 0 Å². The lowest BCUT2D eigenvalue weighted by Crippen LogP contribution is -1.75. The summed E-state index contributed by atoms with van der Waals surface area (Å²) in [7, 11) is 0. The lowest BCUT2D eigenvalue weighted by atomic mass is 10.2. The maximum absolute atomic E-state index is 12.4. The quantitative estimate of drug-likeness (QED) is 0.692. The van der Waals surface area contributed by atoms with Gasteiger partial charge in [-0.05, 0) is 13.0 Å². The Morgan fingerprint density at radius 2 is 2.55 bits per heavy atom. The fraction of sp³-hybridized carbons (Fsp3) is 0.125. The average Bonchev–Trinajstić information content (AvgIpc) is 2.34. The van der Waals surface area contributed by atoms with Crippen LogP contribution in [0.2, 0.25) is 0 Å². The van der Waals surface area contributed by atoms with Crippen LogP contribution >= 0.6 is 0 Å². The van der Waals surface area contributed by atoms with Gasteiger partial charge in [-0.2, -0.15) is 5.10 Å². The summed E-state index contributed by atoms with van der Waals surface area (Å²) < 4.78 is 12.4. The molecule has 1 heterocycles. The van der Waals surface area contributed by atoms with Crippen LogP contribution in [0.3, 0.4) is 0 Å². The van der Waals surface area contributed by atoms with Crippen molar-refractivity contribution >= 4 is 12.2 Å². The lowest BCUT2D eigenvalue weighted by Gasteiger charge is -1.88. The summed E-state index contributed by atoms with van der Waals surface area (Å²) >= 11 is 0. The monoisotopic (exact) mass is 152 g/mol. The fourth-order valence-corrected chi connectivity index (χ4v) is 0.783. The Bertz CT molecular complexity index is 282. The summed E-state index contributed by atoms with van der Waals surface area (Å²) in [5.41, 5.74) is 1.46. The van der Waals surface area contributed by atoms with Gasteiger partial charge in [-0.3, -0.25) is 5.10 Å². The van der Waals surface area contributed by atoms with Gasteiger partial charge in [0.15, 0.2) is 0 Å². The third-order valence-electron chi connectivity index (χ3n) is 1.26. The first kappa shape index (κ1) is 7.72. The van der Waals surface area contributed by atoms with E-state index in [-0.39, 0.29) is 5.83 Å². The van der Waals surface area contributed by atoms with Crippen LogP contribution in [0.15, 0.2) is 18.6 Å². The topological polar surface area (TPSA) is 28.7 Å². The standard InChI is InChI=1S/C8H9FN2/c1-3-7-5-10-11-8(7)4-6(2)9/h3-5H,1H2,2H3,(H,10,11)/b6-4+. The molecule has 1 aromatic rings. The molecule has 1 N–H and O–H groups in total. The Balaban J connectivity index is 3.03. The molecule has 0 aliphatic rings. The Morgan fingerprint density at radius 1 is 1.82 bits per heavy atom. The number of nitrogens with zero attached hydrogens (tertiary/aromatic N) is 1. The van der Waals surface area contributed by atoms with E-state index in [1.54, 1.807) is 12.3 Å². The number of nitrogens with one attached hydrogen (secondary N) is 1.